The number of ether oxygens (including phenoxy) is 1. The molecule has 0 fully saturated rings. The lowest BCUT2D eigenvalue weighted by molar-refractivity contribution is 0.222. The summed E-state index contributed by atoms with van der Waals surface area (Å²) in [4.78, 5) is 1.63. The van der Waals surface area contributed by atoms with E-state index in [4.69, 9.17) is 10.00 Å². The van der Waals surface area contributed by atoms with E-state index in [1.54, 1.807) is 18.1 Å². The van der Waals surface area contributed by atoms with Gasteiger partial charge in [-0.25, -0.2) is 8.78 Å². The molecule has 5 heteroatoms. The predicted molar refractivity (Wildman–Crippen MR) is 67.9 cm³/mol. The fourth-order valence-corrected chi connectivity index (χ4v) is 2.16. The zero-order valence-electron chi connectivity index (χ0n) is 10.6. The van der Waals surface area contributed by atoms with Gasteiger partial charge in [-0.1, -0.05) is 6.08 Å². The third-order valence-electron chi connectivity index (χ3n) is 3.10. The smallest absolute Gasteiger partial charge is 0.150 e. The van der Waals surface area contributed by atoms with Crippen LogP contribution in [0.15, 0.2) is 23.8 Å². The van der Waals surface area contributed by atoms with Crippen LogP contribution in [0, 0.1) is 23.0 Å². The molecule has 0 aliphatic carbocycles. The lowest BCUT2D eigenvalue weighted by Gasteiger charge is -2.29. The van der Waals surface area contributed by atoms with E-state index in [1.165, 1.54) is 0 Å². The Balaban J connectivity index is 2.23. The quantitative estimate of drug-likeness (QED) is 0.787. The van der Waals surface area contributed by atoms with Crippen molar-refractivity contribution in [2.75, 3.05) is 31.7 Å². The third-order valence-corrected chi connectivity index (χ3v) is 3.10. The number of rotatable bonds is 3. The molecule has 0 N–H and O–H groups in total. The molecule has 0 saturated carbocycles. The molecule has 0 amide bonds. The summed E-state index contributed by atoms with van der Waals surface area (Å²) in [6, 6.07) is 3.86. The molecular formula is C14H14F2N2O. The van der Waals surface area contributed by atoms with Crippen molar-refractivity contribution in [3.8, 4) is 6.07 Å². The van der Waals surface area contributed by atoms with Crippen LogP contribution in [0.2, 0.25) is 0 Å². The van der Waals surface area contributed by atoms with Gasteiger partial charge < -0.3 is 9.64 Å². The highest BCUT2D eigenvalue weighted by Crippen LogP contribution is 2.27. The molecule has 19 heavy (non-hydrogen) atoms. The van der Waals surface area contributed by atoms with Crippen LogP contribution in [-0.4, -0.2) is 26.8 Å². The summed E-state index contributed by atoms with van der Waals surface area (Å²) in [6.07, 6.45) is 2.64. The highest BCUT2D eigenvalue weighted by Gasteiger charge is 2.20. The Labute approximate surface area is 110 Å². The molecule has 1 heterocycles. The summed E-state index contributed by atoms with van der Waals surface area (Å²) < 4.78 is 32.7. The average molecular weight is 264 g/mol. The molecule has 0 atom stereocenters. The van der Waals surface area contributed by atoms with Gasteiger partial charge in [0.1, 0.15) is 5.69 Å². The van der Waals surface area contributed by atoms with Gasteiger partial charge in [-0.05, 0) is 24.1 Å². The van der Waals surface area contributed by atoms with Crippen molar-refractivity contribution in [1.29, 1.82) is 5.26 Å². The van der Waals surface area contributed by atoms with Crippen LogP contribution < -0.4 is 4.90 Å². The van der Waals surface area contributed by atoms with E-state index >= 15 is 0 Å². The Morgan fingerprint density at radius 1 is 1.37 bits per heavy atom. The van der Waals surface area contributed by atoms with Gasteiger partial charge >= 0.3 is 0 Å². The van der Waals surface area contributed by atoms with E-state index in [2.05, 4.69) is 0 Å². The lowest BCUT2D eigenvalue weighted by Crippen LogP contribution is -2.31. The second kappa shape index (κ2) is 5.81. The zero-order valence-corrected chi connectivity index (χ0v) is 10.6. The normalized spacial score (nSPS) is 15.1. The number of halogens is 2. The average Bonchev–Trinajstić information content (AvgIpc) is 2.40. The molecule has 0 radical (unpaired) electrons. The summed E-state index contributed by atoms with van der Waals surface area (Å²) >= 11 is 0. The van der Waals surface area contributed by atoms with Crippen molar-refractivity contribution in [3.63, 3.8) is 0 Å². The van der Waals surface area contributed by atoms with E-state index < -0.39 is 11.6 Å². The maximum atomic E-state index is 13.8. The van der Waals surface area contributed by atoms with Gasteiger partial charge in [-0.2, -0.15) is 5.26 Å². The van der Waals surface area contributed by atoms with Crippen LogP contribution in [0.5, 0.6) is 0 Å². The Hall–Kier alpha value is -1.93. The highest BCUT2D eigenvalue weighted by molar-refractivity contribution is 5.53. The van der Waals surface area contributed by atoms with Crippen LogP contribution in [-0.2, 0) is 4.74 Å². The zero-order chi connectivity index (χ0) is 13.8. The molecule has 3 nitrogen and oxygen atoms in total. The minimum Gasteiger partial charge on any atom is -0.380 e. The molecule has 1 aliphatic heterocycles. The van der Waals surface area contributed by atoms with Crippen LogP contribution in [0.1, 0.15) is 12.0 Å². The van der Waals surface area contributed by atoms with Gasteiger partial charge in [0.2, 0.25) is 0 Å². The largest absolute Gasteiger partial charge is 0.380 e. The summed E-state index contributed by atoms with van der Waals surface area (Å²) in [5.41, 5.74) is 1.06. The van der Waals surface area contributed by atoms with Gasteiger partial charge in [-0.15, -0.1) is 0 Å². The Kier molecular flexibility index (Phi) is 4.13. The first-order chi connectivity index (χ1) is 9.15. The molecule has 1 aliphatic rings. The molecule has 100 valence electrons. The maximum absolute atomic E-state index is 13.8. The Morgan fingerprint density at radius 3 is 2.53 bits per heavy atom. The number of nitrogens with zero attached hydrogens (tertiary/aromatic N) is 2. The molecule has 0 unspecified atom stereocenters. The fourth-order valence-electron chi connectivity index (χ4n) is 2.16. The van der Waals surface area contributed by atoms with Crippen molar-refractivity contribution in [3.05, 3.63) is 41.0 Å². The third kappa shape index (κ3) is 2.91. The molecule has 1 aromatic carbocycles. The van der Waals surface area contributed by atoms with Crippen LogP contribution in [0.3, 0.4) is 0 Å². The molecular weight excluding hydrogens is 250 g/mol. The summed E-state index contributed by atoms with van der Waals surface area (Å²) in [7, 11) is 1.62. The SMILES string of the molecule is COCC1=CCN(c2c(F)cc(C#N)cc2F)CC1. The number of methoxy groups -OCH3 is 1. The second-order valence-electron chi connectivity index (χ2n) is 4.39. The summed E-state index contributed by atoms with van der Waals surface area (Å²) in [5, 5.41) is 8.66. The van der Waals surface area contributed by atoms with Crippen LogP contribution >= 0.6 is 0 Å². The topological polar surface area (TPSA) is 36.3 Å². The second-order valence-corrected chi connectivity index (χ2v) is 4.39. The summed E-state index contributed by atoms with van der Waals surface area (Å²) in [5.74, 6) is -1.39. The molecule has 0 bridgehead atoms. The van der Waals surface area contributed by atoms with Crippen LogP contribution in [0.25, 0.3) is 0 Å². The molecule has 0 aromatic heterocycles. The predicted octanol–water partition coefficient (Wildman–Crippen LogP) is 2.62. The van der Waals surface area contributed by atoms with Crippen molar-refractivity contribution >= 4 is 5.69 Å². The number of hydrogen-bond donors (Lipinski definition) is 0. The molecule has 1 aromatic rings. The molecule has 0 saturated heterocycles. The van der Waals surface area contributed by atoms with E-state index in [-0.39, 0.29) is 11.3 Å². The number of hydrogen-bond acceptors (Lipinski definition) is 3. The van der Waals surface area contributed by atoms with Crippen molar-refractivity contribution in [2.24, 2.45) is 0 Å². The molecule has 2 rings (SSSR count). The van der Waals surface area contributed by atoms with Crippen molar-refractivity contribution in [2.45, 2.75) is 6.42 Å². The van der Waals surface area contributed by atoms with Gasteiger partial charge in [-0.3, -0.25) is 0 Å². The van der Waals surface area contributed by atoms with Crippen LogP contribution in [0.4, 0.5) is 14.5 Å². The minimum atomic E-state index is -0.694. The first kappa shape index (κ1) is 13.5. The highest BCUT2D eigenvalue weighted by atomic mass is 19.1. The van der Waals surface area contributed by atoms with Crippen molar-refractivity contribution in [1.82, 2.24) is 0 Å². The van der Waals surface area contributed by atoms with E-state index in [1.807, 2.05) is 6.08 Å². The van der Waals surface area contributed by atoms with Gasteiger partial charge in [0, 0.05) is 20.2 Å². The number of nitriles is 1. The first-order valence-electron chi connectivity index (χ1n) is 5.96. The summed E-state index contributed by atoms with van der Waals surface area (Å²) in [6.45, 7) is 1.53. The Morgan fingerprint density at radius 2 is 2.05 bits per heavy atom. The number of benzene rings is 1. The van der Waals surface area contributed by atoms with Gasteiger partial charge in [0.15, 0.2) is 11.6 Å². The van der Waals surface area contributed by atoms with Crippen molar-refractivity contribution < 1.29 is 13.5 Å². The van der Waals surface area contributed by atoms with Gasteiger partial charge in [0.05, 0.1) is 18.2 Å². The lowest BCUT2D eigenvalue weighted by atomic mass is 10.1. The first-order valence-corrected chi connectivity index (χ1v) is 5.96. The number of anilines is 1. The minimum absolute atomic E-state index is 0.00799. The van der Waals surface area contributed by atoms with Gasteiger partial charge in [0.25, 0.3) is 0 Å². The maximum Gasteiger partial charge on any atom is 0.150 e. The standard InChI is InChI=1S/C14H14F2N2O/c1-19-9-10-2-4-18(5-3-10)14-12(15)6-11(8-17)7-13(14)16/h2,6-7H,3-5,9H2,1H3. The monoisotopic (exact) mass is 264 g/mol. The Bertz CT molecular complexity index is 526. The van der Waals surface area contributed by atoms with E-state index in [0.717, 1.165) is 17.7 Å². The fraction of sp³-hybridized carbons (Fsp3) is 0.357. The van der Waals surface area contributed by atoms with E-state index in [0.29, 0.717) is 26.1 Å². The van der Waals surface area contributed by atoms with E-state index in [9.17, 15) is 8.78 Å². The molecule has 0 spiro atoms.